The van der Waals surface area contributed by atoms with Gasteiger partial charge in [-0.3, -0.25) is 0 Å². The number of alkyl halides is 3. The van der Waals surface area contributed by atoms with Crippen molar-refractivity contribution in [3.8, 4) is 16.3 Å². The molecule has 0 aliphatic carbocycles. The lowest BCUT2D eigenvalue weighted by Crippen LogP contribution is -2.13. The number of aliphatic hydroxyl groups excluding tert-OH is 1. The van der Waals surface area contributed by atoms with Crippen molar-refractivity contribution in [1.82, 2.24) is 10.2 Å². The highest BCUT2D eigenvalue weighted by Gasteiger charge is 2.35. The number of hydrogen-bond acceptors (Lipinski definition) is 6. The Morgan fingerprint density at radius 2 is 1.86 bits per heavy atom. The number of nitrogens with two attached hydrogens (primary N) is 1. The van der Waals surface area contributed by atoms with Gasteiger partial charge in [0.15, 0.2) is 0 Å². The zero-order chi connectivity index (χ0) is 20.6. The second kappa shape index (κ2) is 10.7. The standard InChI is InChI=1S/C19H26F3N3O2S/c1-2-3-4-5-6-7-10-27-16-9-8-13(11-14(16)19(20,21)22)17-24-25-18(28-17)15(23)12-26/h8-9,11,15,26H,2-7,10,12,23H2,1H3. The predicted octanol–water partition coefficient (Wildman–Crippen LogP) is 4.96. The Bertz CT molecular complexity index is 737. The summed E-state index contributed by atoms with van der Waals surface area (Å²) in [5.74, 6) is -0.179. The highest BCUT2D eigenvalue weighted by atomic mass is 32.1. The molecule has 0 amide bonds. The highest BCUT2D eigenvalue weighted by Crippen LogP contribution is 2.39. The Hall–Kier alpha value is -1.71. The van der Waals surface area contributed by atoms with Crippen LogP contribution in [0.3, 0.4) is 0 Å². The minimum Gasteiger partial charge on any atom is -0.493 e. The van der Waals surface area contributed by atoms with Crippen LogP contribution in [0, 0.1) is 0 Å². The summed E-state index contributed by atoms with van der Waals surface area (Å²) in [5, 5.41) is 17.5. The van der Waals surface area contributed by atoms with Crippen molar-refractivity contribution in [2.45, 2.75) is 57.7 Å². The second-order valence-corrected chi connectivity index (χ2v) is 7.57. The zero-order valence-corrected chi connectivity index (χ0v) is 16.7. The van der Waals surface area contributed by atoms with Crippen molar-refractivity contribution < 1.29 is 23.0 Å². The van der Waals surface area contributed by atoms with Crippen molar-refractivity contribution in [1.29, 1.82) is 0 Å². The molecular weight excluding hydrogens is 391 g/mol. The number of ether oxygens (including phenoxy) is 1. The highest BCUT2D eigenvalue weighted by molar-refractivity contribution is 7.14. The average Bonchev–Trinajstić information content (AvgIpc) is 3.16. The summed E-state index contributed by atoms with van der Waals surface area (Å²) < 4.78 is 45.9. The van der Waals surface area contributed by atoms with Crippen LogP contribution in [-0.4, -0.2) is 28.5 Å². The Labute approximate surface area is 166 Å². The largest absolute Gasteiger partial charge is 0.493 e. The number of hydrogen-bond donors (Lipinski definition) is 2. The van der Waals surface area contributed by atoms with E-state index >= 15 is 0 Å². The first kappa shape index (κ1) is 22.6. The van der Waals surface area contributed by atoms with Gasteiger partial charge in [-0.1, -0.05) is 50.4 Å². The van der Waals surface area contributed by atoms with Gasteiger partial charge in [-0.2, -0.15) is 13.2 Å². The van der Waals surface area contributed by atoms with E-state index in [1.54, 1.807) is 0 Å². The maximum Gasteiger partial charge on any atom is 0.419 e. The van der Waals surface area contributed by atoms with Crippen LogP contribution in [0.25, 0.3) is 10.6 Å². The van der Waals surface area contributed by atoms with Gasteiger partial charge in [-0.05, 0) is 24.6 Å². The summed E-state index contributed by atoms with van der Waals surface area (Å²) in [6.07, 6.45) is 1.67. The topological polar surface area (TPSA) is 81.3 Å². The normalized spacial score (nSPS) is 12.9. The fourth-order valence-corrected chi connectivity index (χ4v) is 3.49. The number of benzene rings is 1. The first-order chi connectivity index (χ1) is 13.4. The molecule has 0 spiro atoms. The molecule has 156 valence electrons. The lowest BCUT2D eigenvalue weighted by molar-refractivity contribution is -0.138. The Balaban J connectivity index is 2.08. The molecule has 0 bridgehead atoms. The van der Waals surface area contributed by atoms with Gasteiger partial charge in [0.05, 0.1) is 24.8 Å². The molecule has 9 heteroatoms. The molecule has 1 aromatic heterocycles. The molecule has 1 aromatic carbocycles. The molecule has 5 nitrogen and oxygen atoms in total. The number of halogens is 3. The number of aliphatic hydroxyl groups is 1. The number of rotatable bonds is 11. The van der Waals surface area contributed by atoms with Crippen LogP contribution in [0.2, 0.25) is 0 Å². The van der Waals surface area contributed by atoms with E-state index in [1.165, 1.54) is 18.6 Å². The van der Waals surface area contributed by atoms with Gasteiger partial charge in [0.2, 0.25) is 0 Å². The molecule has 0 fully saturated rings. The van der Waals surface area contributed by atoms with Crippen LogP contribution >= 0.6 is 11.3 Å². The fraction of sp³-hybridized carbons (Fsp3) is 0.579. The maximum atomic E-state index is 13.5. The van der Waals surface area contributed by atoms with Crippen molar-refractivity contribution in [2.75, 3.05) is 13.2 Å². The Kier molecular flexibility index (Phi) is 8.65. The number of nitrogens with zero attached hydrogens (tertiary/aromatic N) is 2. The van der Waals surface area contributed by atoms with Gasteiger partial charge >= 0.3 is 6.18 Å². The molecule has 0 aliphatic rings. The molecule has 2 aromatic rings. The smallest absolute Gasteiger partial charge is 0.419 e. The van der Waals surface area contributed by atoms with E-state index in [1.807, 2.05) is 0 Å². The van der Waals surface area contributed by atoms with Gasteiger partial charge in [0, 0.05) is 5.56 Å². The summed E-state index contributed by atoms with van der Waals surface area (Å²) in [6.45, 7) is 2.07. The maximum absolute atomic E-state index is 13.5. The van der Waals surface area contributed by atoms with Gasteiger partial charge in [-0.25, -0.2) is 0 Å². The summed E-state index contributed by atoms with van der Waals surface area (Å²) in [5.41, 5.74) is 5.12. The number of unbranched alkanes of at least 4 members (excludes halogenated alkanes) is 5. The van der Waals surface area contributed by atoms with Crippen LogP contribution < -0.4 is 10.5 Å². The molecule has 1 heterocycles. The third-order valence-electron chi connectivity index (χ3n) is 4.24. The first-order valence-electron chi connectivity index (χ1n) is 9.41. The monoisotopic (exact) mass is 417 g/mol. The van der Waals surface area contributed by atoms with Crippen molar-refractivity contribution >= 4 is 11.3 Å². The van der Waals surface area contributed by atoms with Gasteiger partial charge in [0.25, 0.3) is 0 Å². The summed E-state index contributed by atoms with van der Waals surface area (Å²) in [4.78, 5) is 0. The van der Waals surface area contributed by atoms with Gasteiger partial charge in [0.1, 0.15) is 15.8 Å². The predicted molar refractivity (Wildman–Crippen MR) is 103 cm³/mol. The average molecular weight is 417 g/mol. The Morgan fingerprint density at radius 3 is 2.54 bits per heavy atom. The molecule has 0 aliphatic heterocycles. The fourth-order valence-electron chi connectivity index (χ4n) is 2.65. The third kappa shape index (κ3) is 6.42. The van der Waals surface area contributed by atoms with Crippen LogP contribution in [-0.2, 0) is 6.18 Å². The van der Waals surface area contributed by atoms with E-state index in [4.69, 9.17) is 15.6 Å². The van der Waals surface area contributed by atoms with Crippen molar-refractivity contribution in [3.05, 3.63) is 28.8 Å². The summed E-state index contributed by atoms with van der Waals surface area (Å²) >= 11 is 1.06. The molecule has 2 rings (SSSR count). The van der Waals surface area contributed by atoms with E-state index in [0.29, 0.717) is 10.0 Å². The molecule has 0 radical (unpaired) electrons. The van der Waals surface area contributed by atoms with Gasteiger partial charge in [-0.15, -0.1) is 10.2 Å². The summed E-state index contributed by atoms with van der Waals surface area (Å²) in [6, 6.07) is 3.17. The molecule has 28 heavy (non-hydrogen) atoms. The van der Waals surface area contributed by atoms with E-state index in [0.717, 1.165) is 49.5 Å². The van der Waals surface area contributed by atoms with E-state index in [-0.39, 0.29) is 24.5 Å². The van der Waals surface area contributed by atoms with E-state index in [2.05, 4.69) is 17.1 Å². The van der Waals surface area contributed by atoms with Crippen molar-refractivity contribution in [3.63, 3.8) is 0 Å². The SMILES string of the molecule is CCCCCCCCOc1ccc(-c2nnc(C(N)CO)s2)cc1C(F)(F)F. The molecule has 3 N–H and O–H groups in total. The van der Waals surface area contributed by atoms with Crippen LogP contribution in [0.15, 0.2) is 18.2 Å². The molecule has 0 saturated carbocycles. The minimum atomic E-state index is -4.54. The minimum absolute atomic E-state index is 0.179. The lowest BCUT2D eigenvalue weighted by atomic mass is 10.1. The zero-order valence-electron chi connectivity index (χ0n) is 15.8. The molecule has 1 unspecified atom stereocenters. The molecular formula is C19H26F3N3O2S. The second-order valence-electron chi connectivity index (χ2n) is 6.56. The Morgan fingerprint density at radius 1 is 1.14 bits per heavy atom. The van der Waals surface area contributed by atoms with Crippen LogP contribution in [0.5, 0.6) is 5.75 Å². The van der Waals surface area contributed by atoms with Crippen molar-refractivity contribution in [2.24, 2.45) is 5.73 Å². The lowest BCUT2D eigenvalue weighted by Gasteiger charge is -2.15. The van der Waals surface area contributed by atoms with Crippen LogP contribution in [0.1, 0.15) is 62.1 Å². The van der Waals surface area contributed by atoms with E-state index in [9.17, 15) is 13.2 Å². The third-order valence-corrected chi connectivity index (χ3v) is 5.35. The quantitative estimate of drug-likeness (QED) is 0.505. The van der Waals surface area contributed by atoms with E-state index < -0.39 is 17.8 Å². The molecule has 0 saturated heterocycles. The molecule has 1 atom stereocenters. The summed E-state index contributed by atoms with van der Waals surface area (Å²) in [7, 11) is 0. The van der Waals surface area contributed by atoms with Crippen LogP contribution in [0.4, 0.5) is 13.2 Å². The van der Waals surface area contributed by atoms with Gasteiger partial charge < -0.3 is 15.6 Å². The first-order valence-corrected chi connectivity index (χ1v) is 10.2. The number of aromatic nitrogens is 2.